The molecule has 0 radical (unpaired) electrons. The van der Waals surface area contributed by atoms with E-state index in [1.807, 2.05) is 0 Å². The second kappa shape index (κ2) is 6.78. The van der Waals surface area contributed by atoms with Gasteiger partial charge in [0, 0.05) is 30.8 Å². The molecule has 0 saturated carbocycles. The van der Waals surface area contributed by atoms with Crippen LogP contribution < -0.4 is 0 Å². The van der Waals surface area contributed by atoms with E-state index in [0.717, 1.165) is 6.42 Å². The molecule has 124 valence electrons. The van der Waals surface area contributed by atoms with Gasteiger partial charge in [0.15, 0.2) is 11.5 Å². The van der Waals surface area contributed by atoms with Gasteiger partial charge in [-0.1, -0.05) is 0 Å². The van der Waals surface area contributed by atoms with Gasteiger partial charge in [-0.15, -0.1) is 0 Å². The molecule has 0 aliphatic carbocycles. The van der Waals surface area contributed by atoms with Crippen molar-refractivity contribution in [2.45, 2.75) is 25.3 Å². The van der Waals surface area contributed by atoms with Crippen LogP contribution in [0.1, 0.15) is 40.1 Å². The summed E-state index contributed by atoms with van der Waals surface area (Å²) in [5.74, 6) is -1.07. The molecule has 1 aromatic carbocycles. The van der Waals surface area contributed by atoms with Gasteiger partial charge in [0.2, 0.25) is 0 Å². The molecule has 1 fully saturated rings. The molecule has 0 spiro atoms. The van der Waals surface area contributed by atoms with E-state index >= 15 is 0 Å². The number of pyridine rings is 1. The van der Waals surface area contributed by atoms with Gasteiger partial charge in [-0.2, -0.15) is 0 Å². The van der Waals surface area contributed by atoms with E-state index in [1.54, 1.807) is 11.0 Å². The number of halogens is 1. The van der Waals surface area contributed by atoms with E-state index in [4.69, 9.17) is 0 Å². The number of ketones is 1. The highest BCUT2D eigenvalue weighted by Crippen LogP contribution is 2.26. The van der Waals surface area contributed by atoms with Crippen molar-refractivity contribution in [2.24, 2.45) is 0 Å². The number of amides is 1. The minimum absolute atomic E-state index is 0.00127. The summed E-state index contributed by atoms with van der Waals surface area (Å²) in [7, 11) is 0. The largest absolute Gasteiger partial charge is 0.505 e. The van der Waals surface area contributed by atoms with Crippen molar-refractivity contribution >= 4 is 11.7 Å². The zero-order chi connectivity index (χ0) is 17.1. The third-order valence-corrected chi connectivity index (χ3v) is 4.21. The van der Waals surface area contributed by atoms with Gasteiger partial charge in [-0.05, 0) is 49.2 Å². The fraction of sp³-hybridized carbons (Fsp3) is 0.278. The molecule has 1 saturated heterocycles. The third-order valence-electron chi connectivity index (χ3n) is 4.21. The maximum absolute atomic E-state index is 13.0. The number of carbonyl (C=O) groups excluding carboxylic acids is 2. The number of aromatic hydroxyl groups is 1. The summed E-state index contributed by atoms with van der Waals surface area (Å²) in [5.41, 5.74) is 0.426. The Balaban J connectivity index is 1.74. The van der Waals surface area contributed by atoms with Gasteiger partial charge < -0.3 is 10.0 Å². The summed E-state index contributed by atoms with van der Waals surface area (Å²) in [5, 5.41) is 9.80. The number of rotatable bonds is 4. The quantitative estimate of drug-likeness (QED) is 0.876. The summed E-state index contributed by atoms with van der Waals surface area (Å²) < 4.78 is 13.0. The molecule has 1 amide bonds. The Morgan fingerprint density at radius 3 is 2.71 bits per heavy atom. The zero-order valence-electron chi connectivity index (χ0n) is 13.0. The van der Waals surface area contributed by atoms with Crippen molar-refractivity contribution in [3.05, 3.63) is 59.7 Å². The second-order valence-electron chi connectivity index (χ2n) is 5.80. The van der Waals surface area contributed by atoms with Gasteiger partial charge in [-0.3, -0.25) is 9.59 Å². The Hall–Kier alpha value is -2.76. The van der Waals surface area contributed by atoms with Gasteiger partial charge >= 0.3 is 0 Å². The van der Waals surface area contributed by atoms with Gasteiger partial charge in [0.05, 0.1) is 0 Å². The van der Waals surface area contributed by atoms with Crippen LogP contribution in [0.15, 0.2) is 42.6 Å². The molecule has 1 N–H and O–H groups in total. The van der Waals surface area contributed by atoms with E-state index in [9.17, 15) is 19.1 Å². The third kappa shape index (κ3) is 3.27. The predicted molar refractivity (Wildman–Crippen MR) is 85.3 cm³/mol. The first-order valence-electron chi connectivity index (χ1n) is 7.80. The highest BCUT2D eigenvalue weighted by atomic mass is 19.1. The molecular formula is C18H17FN2O3. The van der Waals surface area contributed by atoms with Crippen molar-refractivity contribution in [1.29, 1.82) is 0 Å². The first kappa shape index (κ1) is 16.1. The number of likely N-dealkylation sites (tertiary alicyclic amines) is 1. The lowest BCUT2D eigenvalue weighted by Gasteiger charge is -2.24. The lowest BCUT2D eigenvalue weighted by Crippen LogP contribution is -2.37. The smallest absolute Gasteiger partial charge is 0.276 e. The Morgan fingerprint density at radius 2 is 2.00 bits per heavy atom. The predicted octanol–water partition coefficient (Wildman–Crippen LogP) is 2.80. The standard InChI is InChI=1S/C18H17FN2O3/c19-13-7-5-12(6-8-13)16(23)11-14-3-2-10-21(14)18(24)17-15(22)4-1-9-20-17/h1,4-9,14,22H,2-3,10-11H2/t14-/m0/s1. The molecule has 2 heterocycles. The monoisotopic (exact) mass is 328 g/mol. The average Bonchev–Trinajstić information content (AvgIpc) is 3.03. The van der Waals surface area contributed by atoms with Crippen molar-refractivity contribution in [1.82, 2.24) is 9.88 Å². The van der Waals surface area contributed by atoms with Crippen molar-refractivity contribution < 1.29 is 19.1 Å². The molecule has 2 aromatic rings. The van der Waals surface area contributed by atoms with Crippen LogP contribution in [0.25, 0.3) is 0 Å². The van der Waals surface area contributed by atoms with Crippen LogP contribution in [0.4, 0.5) is 4.39 Å². The number of carbonyl (C=O) groups is 2. The molecule has 24 heavy (non-hydrogen) atoms. The fourth-order valence-electron chi connectivity index (χ4n) is 2.98. The molecule has 1 aliphatic heterocycles. The van der Waals surface area contributed by atoms with E-state index < -0.39 is 5.82 Å². The number of benzene rings is 1. The summed E-state index contributed by atoms with van der Waals surface area (Å²) in [4.78, 5) is 30.5. The van der Waals surface area contributed by atoms with E-state index in [-0.39, 0.29) is 35.6 Å². The summed E-state index contributed by atoms with van der Waals surface area (Å²) in [6, 6.07) is 8.11. The molecule has 1 atom stereocenters. The minimum Gasteiger partial charge on any atom is -0.505 e. The molecule has 1 aromatic heterocycles. The number of hydrogen-bond acceptors (Lipinski definition) is 4. The SMILES string of the molecule is O=C(C[C@@H]1CCCN1C(=O)c1ncccc1O)c1ccc(F)cc1. The molecule has 3 rings (SSSR count). The first-order valence-corrected chi connectivity index (χ1v) is 7.80. The molecule has 1 aliphatic rings. The highest BCUT2D eigenvalue weighted by Gasteiger charge is 2.32. The van der Waals surface area contributed by atoms with Gasteiger partial charge in [-0.25, -0.2) is 9.37 Å². The van der Waals surface area contributed by atoms with Crippen LogP contribution in [0, 0.1) is 5.82 Å². The minimum atomic E-state index is -0.394. The van der Waals surface area contributed by atoms with Crippen molar-refractivity contribution in [2.75, 3.05) is 6.54 Å². The fourth-order valence-corrected chi connectivity index (χ4v) is 2.98. The Labute approximate surface area is 138 Å². The maximum atomic E-state index is 13.0. The first-order chi connectivity index (χ1) is 11.6. The van der Waals surface area contributed by atoms with E-state index in [1.165, 1.54) is 36.5 Å². The topological polar surface area (TPSA) is 70.5 Å². The van der Waals surface area contributed by atoms with Crippen LogP contribution in [-0.4, -0.2) is 39.3 Å². The molecule has 0 unspecified atom stereocenters. The zero-order valence-corrected chi connectivity index (χ0v) is 13.0. The summed E-state index contributed by atoms with van der Waals surface area (Å²) >= 11 is 0. The molecular weight excluding hydrogens is 311 g/mol. The van der Waals surface area contributed by atoms with Crippen LogP contribution in [0.5, 0.6) is 5.75 Å². The van der Waals surface area contributed by atoms with Crippen molar-refractivity contribution in [3.63, 3.8) is 0 Å². The Kier molecular flexibility index (Phi) is 4.55. The molecule has 0 bridgehead atoms. The van der Waals surface area contributed by atoms with Gasteiger partial charge in [0.1, 0.15) is 11.6 Å². The lowest BCUT2D eigenvalue weighted by atomic mass is 10.0. The van der Waals surface area contributed by atoms with Crippen LogP contribution >= 0.6 is 0 Å². The van der Waals surface area contributed by atoms with Crippen LogP contribution in [-0.2, 0) is 0 Å². The maximum Gasteiger partial charge on any atom is 0.276 e. The summed E-state index contributed by atoms with van der Waals surface area (Å²) in [6.07, 6.45) is 3.12. The van der Waals surface area contributed by atoms with Crippen LogP contribution in [0.3, 0.4) is 0 Å². The van der Waals surface area contributed by atoms with Gasteiger partial charge in [0.25, 0.3) is 5.91 Å². The molecule has 6 heteroatoms. The van der Waals surface area contributed by atoms with E-state index in [0.29, 0.717) is 18.5 Å². The number of Topliss-reactive ketones (excluding diaryl/α,β-unsaturated/α-hetero) is 1. The number of nitrogens with zero attached hydrogens (tertiary/aromatic N) is 2. The average molecular weight is 328 g/mol. The van der Waals surface area contributed by atoms with Crippen LogP contribution in [0.2, 0.25) is 0 Å². The molecule has 5 nitrogen and oxygen atoms in total. The lowest BCUT2D eigenvalue weighted by molar-refractivity contribution is 0.0708. The Morgan fingerprint density at radius 1 is 1.25 bits per heavy atom. The second-order valence-corrected chi connectivity index (χ2v) is 5.80. The highest BCUT2D eigenvalue weighted by molar-refractivity contribution is 5.98. The number of hydrogen-bond donors (Lipinski definition) is 1. The summed E-state index contributed by atoms with van der Waals surface area (Å²) in [6.45, 7) is 0.524. The normalized spacial score (nSPS) is 17.0. The van der Waals surface area contributed by atoms with Crippen molar-refractivity contribution in [3.8, 4) is 5.75 Å². The van der Waals surface area contributed by atoms with E-state index in [2.05, 4.69) is 4.98 Å². The number of aromatic nitrogens is 1. The Bertz CT molecular complexity index is 761.